The Bertz CT molecular complexity index is 630. The van der Waals surface area contributed by atoms with E-state index in [1.165, 1.54) is 6.39 Å². The number of benzene rings is 1. The van der Waals surface area contributed by atoms with Gasteiger partial charge in [-0.05, 0) is 42.8 Å². The molecule has 1 aromatic carbocycles. The Labute approximate surface area is 116 Å². The van der Waals surface area contributed by atoms with Gasteiger partial charge in [0.25, 0.3) is 0 Å². The van der Waals surface area contributed by atoms with Gasteiger partial charge in [0, 0.05) is 11.3 Å². The molecule has 3 rings (SSSR count). The van der Waals surface area contributed by atoms with E-state index in [-0.39, 0.29) is 6.04 Å². The molecule has 0 amide bonds. The topological polar surface area (TPSA) is 64.1 Å². The van der Waals surface area contributed by atoms with Gasteiger partial charge in [-0.25, -0.2) is 0 Å². The van der Waals surface area contributed by atoms with Crippen molar-refractivity contribution in [2.24, 2.45) is 0 Å². The molecule has 0 bridgehead atoms. The highest BCUT2D eigenvalue weighted by atomic mass is 16.4. The third-order valence-electron chi connectivity index (χ3n) is 3.13. The minimum absolute atomic E-state index is 0.166. The Hall–Kier alpha value is -2.56. The fourth-order valence-electron chi connectivity index (χ4n) is 2.07. The van der Waals surface area contributed by atoms with E-state index in [1.54, 1.807) is 6.26 Å². The SMILES string of the molecule is CCC(Nc1ccc(-c2nnco2)cc1)c1ccco1. The largest absolute Gasteiger partial charge is 0.467 e. The van der Waals surface area contributed by atoms with Crippen LogP contribution in [0.2, 0.25) is 0 Å². The lowest BCUT2D eigenvalue weighted by Crippen LogP contribution is -2.08. The molecule has 1 atom stereocenters. The molecule has 1 N–H and O–H groups in total. The van der Waals surface area contributed by atoms with Gasteiger partial charge in [-0.2, -0.15) is 0 Å². The first-order chi connectivity index (χ1) is 9.86. The maximum Gasteiger partial charge on any atom is 0.247 e. The number of furan rings is 1. The van der Waals surface area contributed by atoms with Crippen molar-refractivity contribution >= 4 is 5.69 Å². The second-order valence-electron chi connectivity index (χ2n) is 4.44. The number of aromatic nitrogens is 2. The molecule has 20 heavy (non-hydrogen) atoms. The van der Waals surface area contributed by atoms with Gasteiger partial charge in [-0.1, -0.05) is 6.92 Å². The molecule has 3 aromatic rings. The lowest BCUT2D eigenvalue weighted by Gasteiger charge is -2.16. The lowest BCUT2D eigenvalue weighted by atomic mass is 10.1. The van der Waals surface area contributed by atoms with Crippen LogP contribution in [0.3, 0.4) is 0 Å². The summed E-state index contributed by atoms with van der Waals surface area (Å²) in [5, 5.41) is 11.0. The van der Waals surface area contributed by atoms with Crippen LogP contribution in [0.5, 0.6) is 0 Å². The summed E-state index contributed by atoms with van der Waals surface area (Å²) in [6.45, 7) is 2.12. The van der Waals surface area contributed by atoms with E-state index >= 15 is 0 Å². The first-order valence-corrected chi connectivity index (χ1v) is 6.53. The molecule has 1 unspecified atom stereocenters. The fraction of sp³-hybridized carbons (Fsp3) is 0.200. The molecule has 5 nitrogen and oxygen atoms in total. The predicted molar refractivity (Wildman–Crippen MR) is 75.1 cm³/mol. The number of hydrogen-bond acceptors (Lipinski definition) is 5. The summed E-state index contributed by atoms with van der Waals surface area (Å²) in [5.74, 6) is 1.46. The molecular weight excluding hydrogens is 254 g/mol. The second kappa shape index (κ2) is 5.61. The number of nitrogens with one attached hydrogen (secondary N) is 1. The third-order valence-corrected chi connectivity index (χ3v) is 3.13. The Kier molecular flexibility index (Phi) is 3.50. The zero-order valence-electron chi connectivity index (χ0n) is 11.1. The van der Waals surface area contributed by atoms with E-state index in [4.69, 9.17) is 8.83 Å². The summed E-state index contributed by atoms with van der Waals surface area (Å²) in [4.78, 5) is 0. The van der Waals surface area contributed by atoms with Gasteiger partial charge in [0.05, 0.1) is 12.3 Å². The van der Waals surface area contributed by atoms with E-state index in [2.05, 4.69) is 22.4 Å². The lowest BCUT2D eigenvalue weighted by molar-refractivity contribution is 0.474. The standard InChI is InChI=1S/C15H15N3O2/c1-2-13(14-4-3-9-19-14)17-12-7-5-11(6-8-12)15-18-16-10-20-15/h3-10,13,17H,2H2,1H3. The van der Waals surface area contributed by atoms with Crippen molar-refractivity contribution in [1.29, 1.82) is 0 Å². The molecule has 0 fully saturated rings. The summed E-state index contributed by atoms with van der Waals surface area (Å²) >= 11 is 0. The Morgan fingerprint density at radius 2 is 2.00 bits per heavy atom. The van der Waals surface area contributed by atoms with Crippen LogP contribution in [-0.4, -0.2) is 10.2 Å². The molecule has 102 valence electrons. The highest BCUT2D eigenvalue weighted by Crippen LogP contribution is 2.25. The average molecular weight is 269 g/mol. The minimum atomic E-state index is 0.166. The zero-order chi connectivity index (χ0) is 13.8. The second-order valence-corrected chi connectivity index (χ2v) is 4.44. The summed E-state index contributed by atoms with van der Waals surface area (Å²) in [5.41, 5.74) is 1.93. The van der Waals surface area contributed by atoms with Crippen molar-refractivity contribution in [1.82, 2.24) is 10.2 Å². The van der Waals surface area contributed by atoms with Crippen molar-refractivity contribution in [3.8, 4) is 11.5 Å². The smallest absolute Gasteiger partial charge is 0.247 e. The quantitative estimate of drug-likeness (QED) is 0.761. The first-order valence-electron chi connectivity index (χ1n) is 6.53. The zero-order valence-corrected chi connectivity index (χ0v) is 11.1. The van der Waals surface area contributed by atoms with Crippen LogP contribution in [0.1, 0.15) is 25.1 Å². The molecule has 0 aliphatic heterocycles. The van der Waals surface area contributed by atoms with Crippen LogP contribution in [0.4, 0.5) is 5.69 Å². The van der Waals surface area contributed by atoms with Crippen LogP contribution in [0, 0.1) is 0 Å². The van der Waals surface area contributed by atoms with Gasteiger partial charge < -0.3 is 14.2 Å². The van der Waals surface area contributed by atoms with Gasteiger partial charge in [0.1, 0.15) is 5.76 Å². The highest BCUT2D eigenvalue weighted by Gasteiger charge is 2.12. The first kappa shape index (κ1) is 12.5. The van der Waals surface area contributed by atoms with Crippen LogP contribution >= 0.6 is 0 Å². The maximum absolute atomic E-state index is 5.45. The van der Waals surface area contributed by atoms with E-state index in [1.807, 2.05) is 36.4 Å². The number of hydrogen-bond donors (Lipinski definition) is 1. The average Bonchev–Trinajstić information content (AvgIpc) is 3.18. The molecule has 0 aliphatic rings. The Morgan fingerprint density at radius 3 is 2.60 bits per heavy atom. The molecule has 0 radical (unpaired) electrons. The molecule has 0 aliphatic carbocycles. The van der Waals surface area contributed by atoms with Crippen LogP contribution in [0.25, 0.3) is 11.5 Å². The monoisotopic (exact) mass is 269 g/mol. The van der Waals surface area contributed by atoms with Gasteiger partial charge in [-0.15, -0.1) is 10.2 Å². The Balaban J connectivity index is 1.75. The van der Waals surface area contributed by atoms with Crippen molar-refractivity contribution in [2.45, 2.75) is 19.4 Å². The summed E-state index contributed by atoms with van der Waals surface area (Å²) < 4.78 is 10.6. The predicted octanol–water partition coefficient (Wildman–Crippen LogP) is 3.89. The number of nitrogens with zero attached hydrogens (tertiary/aromatic N) is 2. The summed E-state index contributed by atoms with van der Waals surface area (Å²) in [7, 11) is 0. The van der Waals surface area contributed by atoms with E-state index in [0.29, 0.717) is 5.89 Å². The molecule has 5 heteroatoms. The van der Waals surface area contributed by atoms with Gasteiger partial charge >= 0.3 is 0 Å². The minimum Gasteiger partial charge on any atom is -0.467 e. The number of rotatable bonds is 5. The summed E-state index contributed by atoms with van der Waals surface area (Å²) in [6.07, 6.45) is 3.96. The Morgan fingerprint density at radius 1 is 1.15 bits per heavy atom. The van der Waals surface area contributed by atoms with Crippen LogP contribution in [0.15, 0.2) is 57.9 Å². The molecule has 0 saturated carbocycles. The van der Waals surface area contributed by atoms with Crippen molar-refractivity contribution in [2.75, 3.05) is 5.32 Å². The third kappa shape index (κ3) is 2.56. The van der Waals surface area contributed by atoms with Crippen LogP contribution in [-0.2, 0) is 0 Å². The molecular formula is C15H15N3O2. The van der Waals surface area contributed by atoms with Gasteiger partial charge in [0.15, 0.2) is 0 Å². The molecule has 0 spiro atoms. The van der Waals surface area contributed by atoms with Crippen molar-refractivity contribution in [3.63, 3.8) is 0 Å². The highest BCUT2D eigenvalue weighted by molar-refractivity contribution is 5.58. The van der Waals surface area contributed by atoms with Crippen molar-refractivity contribution < 1.29 is 8.83 Å². The van der Waals surface area contributed by atoms with Gasteiger partial charge in [-0.3, -0.25) is 0 Å². The molecule has 2 heterocycles. The van der Waals surface area contributed by atoms with Crippen molar-refractivity contribution in [3.05, 3.63) is 54.8 Å². The van der Waals surface area contributed by atoms with E-state index < -0.39 is 0 Å². The van der Waals surface area contributed by atoms with Gasteiger partial charge in [0.2, 0.25) is 12.3 Å². The normalized spacial score (nSPS) is 12.2. The fourth-order valence-corrected chi connectivity index (χ4v) is 2.07. The number of anilines is 1. The summed E-state index contributed by atoms with van der Waals surface area (Å²) in [6, 6.07) is 11.9. The van der Waals surface area contributed by atoms with E-state index in [0.717, 1.165) is 23.4 Å². The molecule has 0 saturated heterocycles. The maximum atomic E-state index is 5.45. The van der Waals surface area contributed by atoms with Crippen LogP contribution < -0.4 is 5.32 Å². The van der Waals surface area contributed by atoms with E-state index in [9.17, 15) is 0 Å². The molecule has 2 aromatic heterocycles.